The van der Waals surface area contributed by atoms with Gasteiger partial charge in [0.25, 0.3) is 0 Å². The predicted octanol–water partition coefficient (Wildman–Crippen LogP) is 2.84. The molecule has 1 saturated carbocycles. The Morgan fingerprint density at radius 3 is 2.74 bits per heavy atom. The Kier molecular flexibility index (Phi) is 4.91. The Labute approximate surface area is 118 Å². The normalized spacial score (nSPS) is 34.7. The molecule has 2 rings (SSSR count). The fourth-order valence-electron chi connectivity index (χ4n) is 3.77. The molecule has 2 fully saturated rings. The standard InChI is InChI=1S/C16H31NO2/c1-6-18-10-13(11(2)3)17-14-12-8-7-9-19-15(12)16(14,4)5/h11-15,17H,6-10H2,1-5H3. The van der Waals surface area contributed by atoms with Crippen molar-refractivity contribution in [2.75, 3.05) is 19.8 Å². The Balaban J connectivity index is 1.96. The van der Waals surface area contributed by atoms with Crippen LogP contribution >= 0.6 is 0 Å². The van der Waals surface area contributed by atoms with Gasteiger partial charge < -0.3 is 14.8 Å². The predicted molar refractivity (Wildman–Crippen MR) is 78.3 cm³/mol. The van der Waals surface area contributed by atoms with Gasteiger partial charge in [-0.15, -0.1) is 0 Å². The molecule has 1 N–H and O–H groups in total. The highest BCUT2D eigenvalue weighted by Gasteiger charge is 2.58. The first kappa shape index (κ1) is 15.3. The van der Waals surface area contributed by atoms with Crippen LogP contribution in [0.4, 0.5) is 0 Å². The summed E-state index contributed by atoms with van der Waals surface area (Å²) in [6, 6.07) is 1.03. The third kappa shape index (κ3) is 2.98. The van der Waals surface area contributed by atoms with Crippen LogP contribution in [0.2, 0.25) is 0 Å². The van der Waals surface area contributed by atoms with Crippen molar-refractivity contribution in [1.29, 1.82) is 0 Å². The number of hydrogen-bond donors (Lipinski definition) is 1. The van der Waals surface area contributed by atoms with E-state index in [1.54, 1.807) is 0 Å². The summed E-state index contributed by atoms with van der Waals surface area (Å²) in [4.78, 5) is 0. The number of nitrogens with one attached hydrogen (secondary N) is 1. The summed E-state index contributed by atoms with van der Waals surface area (Å²) in [5.41, 5.74) is 0.254. The molecule has 0 bridgehead atoms. The van der Waals surface area contributed by atoms with E-state index in [1.807, 2.05) is 0 Å². The molecule has 3 heteroatoms. The summed E-state index contributed by atoms with van der Waals surface area (Å²) >= 11 is 0. The summed E-state index contributed by atoms with van der Waals surface area (Å²) in [5.74, 6) is 1.30. The van der Waals surface area contributed by atoms with Crippen LogP contribution in [0.1, 0.15) is 47.5 Å². The number of ether oxygens (including phenoxy) is 2. The Morgan fingerprint density at radius 1 is 1.37 bits per heavy atom. The van der Waals surface area contributed by atoms with Crippen molar-refractivity contribution in [3.05, 3.63) is 0 Å². The van der Waals surface area contributed by atoms with E-state index in [0.29, 0.717) is 30.0 Å². The molecule has 112 valence electrons. The molecule has 0 amide bonds. The van der Waals surface area contributed by atoms with Gasteiger partial charge in [0, 0.05) is 36.6 Å². The molecule has 0 spiro atoms. The van der Waals surface area contributed by atoms with E-state index >= 15 is 0 Å². The number of hydrogen-bond acceptors (Lipinski definition) is 3. The van der Waals surface area contributed by atoms with Crippen molar-refractivity contribution in [1.82, 2.24) is 5.32 Å². The summed E-state index contributed by atoms with van der Waals surface area (Å²) in [6.45, 7) is 13.9. The van der Waals surface area contributed by atoms with E-state index in [1.165, 1.54) is 12.8 Å². The zero-order valence-electron chi connectivity index (χ0n) is 13.2. The number of rotatable bonds is 6. The lowest BCUT2D eigenvalue weighted by molar-refractivity contribution is -0.196. The van der Waals surface area contributed by atoms with Gasteiger partial charge in [0.05, 0.1) is 12.7 Å². The minimum absolute atomic E-state index is 0.254. The summed E-state index contributed by atoms with van der Waals surface area (Å²) in [7, 11) is 0. The van der Waals surface area contributed by atoms with Crippen LogP contribution < -0.4 is 5.32 Å². The Hall–Kier alpha value is -0.120. The monoisotopic (exact) mass is 269 g/mol. The maximum absolute atomic E-state index is 5.97. The highest BCUT2D eigenvalue weighted by atomic mass is 16.5. The van der Waals surface area contributed by atoms with Crippen molar-refractivity contribution < 1.29 is 9.47 Å². The molecule has 4 unspecified atom stereocenters. The molecule has 0 aromatic heterocycles. The van der Waals surface area contributed by atoms with Crippen molar-refractivity contribution >= 4 is 0 Å². The topological polar surface area (TPSA) is 30.5 Å². The zero-order valence-corrected chi connectivity index (χ0v) is 13.2. The van der Waals surface area contributed by atoms with Crippen LogP contribution in [0.5, 0.6) is 0 Å². The van der Waals surface area contributed by atoms with Gasteiger partial charge in [-0.1, -0.05) is 27.7 Å². The summed E-state index contributed by atoms with van der Waals surface area (Å²) < 4.78 is 11.6. The van der Waals surface area contributed by atoms with Crippen molar-refractivity contribution in [2.45, 2.75) is 65.6 Å². The van der Waals surface area contributed by atoms with Crippen molar-refractivity contribution in [2.24, 2.45) is 17.3 Å². The molecule has 1 aliphatic heterocycles. The molecule has 3 nitrogen and oxygen atoms in total. The fraction of sp³-hybridized carbons (Fsp3) is 1.00. The highest BCUT2D eigenvalue weighted by molar-refractivity contribution is 5.11. The summed E-state index contributed by atoms with van der Waals surface area (Å²) in [5, 5.41) is 3.87. The maximum atomic E-state index is 5.97. The highest BCUT2D eigenvalue weighted by Crippen LogP contribution is 2.51. The number of fused-ring (bicyclic) bond motifs is 1. The van der Waals surface area contributed by atoms with Crippen LogP contribution in [-0.4, -0.2) is 38.0 Å². The average molecular weight is 269 g/mol. The lowest BCUT2D eigenvalue weighted by atomic mass is 9.55. The van der Waals surface area contributed by atoms with Crippen LogP contribution in [0.3, 0.4) is 0 Å². The van der Waals surface area contributed by atoms with Gasteiger partial charge >= 0.3 is 0 Å². The average Bonchev–Trinajstić information content (AvgIpc) is 2.38. The van der Waals surface area contributed by atoms with Gasteiger partial charge in [-0.3, -0.25) is 0 Å². The van der Waals surface area contributed by atoms with E-state index in [9.17, 15) is 0 Å². The van der Waals surface area contributed by atoms with Crippen LogP contribution in [-0.2, 0) is 9.47 Å². The van der Waals surface area contributed by atoms with E-state index < -0.39 is 0 Å². The molecule has 1 saturated heterocycles. The second-order valence-electron chi connectivity index (χ2n) is 7.07. The molecule has 19 heavy (non-hydrogen) atoms. The van der Waals surface area contributed by atoms with Crippen molar-refractivity contribution in [3.63, 3.8) is 0 Å². The van der Waals surface area contributed by atoms with Gasteiger partial charge in [0.2, 0.25) is 0 Å². The van der Waals surface area contributed by atoms with Gasteiger partial charge in [0.15, 0.2) is 0 Å². The minimum Gasteiger partial charge on any atom is -0.380 e. The first-order chi connectivity index (χ1) is 8.98. The second-order valence-corrected chi connectivity index (χ2v) is 7.07. The Morgan fingerprint density at radius 2 is 2.11 bits per heavy atom. The smallest absolute Gasteiger partial charge is 0.0684 e. The molecule has 1 aliphatic carbocycles. The van der Waals surface area contributed by atoms with E-state index in [0.717, 1.165) is 19.8 Å². The maximum Gasteiger partial charge on any atom is 0.0684 e. The second kappa shape index (κ2) is 6.11. The third-order valence-corrected chi connectivity index (χ3v) is 5.03. The molecule has 4 atom stereocenters. The van der Waals surface area contributed by atoms with Gasteiger partial charge in [-0.25, -0.2) is 0 Å². The molecule has 0 aromatic rings. The van der Waals surface area contributed by atoms with Crippen LogP contribution in [0.25, 0.3) is 0 Å². The molecular formula is C16H31NO2. The molecular weight excluding hydrogens is 238 g/mol. The zero-order chi connectivity index (χ0) is 14.0. The lowest BCUT2D eigenvalue weighted by Gasteiger charge is -2.61. The molecule has 1 heterocycles. The molecule has 0 aromatic carbocycles. The largest absolute Gasteiger partial charge is 0.380 e. The van der Waals surface area contributed by atoms with E-state index in [-0.39, 0.29) is 5.41 Å². The lowest BCUT2D eigenvalue weighted by Crippen LogP contribution is -2.71. The SMILES string of the molecule is CCOCC(NC1C2CCCOC2C1(C)C)C(C)C. The van der Waals surface area contributed by atoms with E-state index in [2.05, 4.69) is 39.9 Å². The Bertz CT molecular complexity index is 290. The van der Waals surface area contributed by atoms with Crippen molar-refractivity contribution in [3.8, 4) is 0 Å². The third-order valence-electron chi connectivity index (χ3n) is 5.03. The first-order valence-electron chi connectivity index (χ1n) is 7.93. The molecule has 2 aliphatic rings. The minimum atomic E-state index is 0.254. The van der Waals surface area contributed by atoms with Gasteiger partial charge in [0.1, 0.15) is 0 Å². The summed E-state index contributed by atoms with van der Waals surface area (Å²) in [6.07, 6.45) is 2.98. The van der Waals surface area contributed by atoms with Crippen LogP contribution in [0.15, 0.2) is 0 Å². The van der Waals surface area contributed by atoms with Crippen LogP contribution in [0, 0.1) is 17.3 Å². The van der Waals surface area contributed by atoms with Gasteiger partial charge in [-0.2, -0.15) is 0 Å². The van der Waals surface area contributed by atoms with Gasteiger partial charge in [-0.05, 0) is 25.7 Å². The fourth-order valence-corrected chi connectivity index (χ4v) is 3.77. The first-order valence-corrected chi connectivity index (χ1v) is 7.93. The quantitative estimate of drug-likeness (QED) is 0.804. The van der Waals surface area contributed by atoms with E-state index in [4.69, 9.17) is 9.47 Å². The molecule has 0 radical (unpaired) electrons.